The summed E-state index contributed by atoms with van der Waals surface area (Å²) in [5.74, 6) is -2.54. The Morgan fingerprint density at radius 2 is 1.65 bits per heavy atom. The number of carbonyl (C=O) groups is 3. The Labute approximate surface area is 228 Å². The van der Waals surface area contributed by atoms with Crippen molar-refractivity contribution in [2.75, 3.05) is 29.3 Å². The maximum atomic E-state index is 14.1. The summed E-state index contributed by atoms with van der Waals surface area (Å²) in [4.78, 5) is 55.5. The number of hydrogen-bond donors (Lipinski definition) is 1. The molecule has 2 fully saturated rings. The van der Waals surface area contributed by atoms with Crippen LogP contribution in [0.25, 0.3) is 6.08 Å². The molecule has 202 valence electrons. The Morgan fingerprint density at radius 1 is 0.925 bits per heavy atom. The zero-order chi connectivity index (χ0) is 28.1. The molecule has 11 heteroatoms. The van der Waals surface area contributed by atoms with Crippen molar-refractivity contribution in [2.45, 2.75) is 12.1 Å². The number of imide groups is 1. The number of non-ortho nitro benzene ring substituents is 1. The molecule has 0 aromatic heterocycles. The highest BCUT2D eigenvalue weighted by Crippen LogP contribution is 2.50. The van der Waals surface area contributed by atoms with E-state index in [1.807, 2.05) is 41.3 Å². The average Bonchev–Trinajstić information content (AvgIpc) is 3.45. The molecule has 3 heterocycles. The average molecular weight is 541 g/mol. The van der Waals surface area contributed by atoms with Crippen LogP contribution in [0.3, 0.4) is 0 Å². The highest BCUT2D eigenvalue weighted by Gasteiger charge is 2.64. The first-order chi connectivity index (χ1) is 19.3. The van der Waals surface area contributed by atoms with Gasteiger partial charge in [0, 0.05) is 29.6 Å². The van der Waals surface area contributed by atoms with Gasteiger partial charge in [0.1, 0.15) is 17.5 Å². The van der Waals surface area contributed by atoms with Crippen molar-refractivity contribution in [1.82, 2.24) is 0 Å². The summed E-state index contributed by atoms with van der Waals surface area (Å²) in [5.41, 5.74) is 2.05. The Bertz CT molecular complexity index is 1590. The lowest BCUT2D eigenvalue weighted by Crippen LogP contribution is -2.50. The van der Waals surface area contributed by atoms with E-state index in [1.165, 1.54) is 38.5 Å². The molecular formula is C29H24N4O7. The number of hydrogen-bond acceptors (Lipinski definition) is 8. The van der Waals surface area contributed by atoms with E-state index < -0.39 is 46.6 Å². The standard InChI is InChI=1S/C29H24N4O7/c1-39-19-12-14-23(40-2)22(15-19)32-28(35)24-21-13-7-16-5-3-4-6-20(16)31(21)26(25(24)29(32)36)27(34)30-17-8-10-18(11-9-17)33(37)38/h3-15,21,24-26H,1-2H3,(H,30,34)/t21-,24-,25-,26-/m0/s1. The molecule has 0 radical (unpaired) electrons. The number of nitrogens with zero attached hydrogens (tertiary/aromatic N) is 3. The number of carbonyl (C=O) groups excluding carboxylic acids is 3. The molecule has 0 unspecified atom stereocenters. The maximum Gasteiger partial charge on any atom is 0.269 e. The third-order valence-corrected chi connectivity index (χ3v) is 7.66. The second-order valence-electron chi connectivity index (χ2n) is 9.66. The summed E-state index contributed by atoms with van der Waals surface area (Å²) in [7, 11) is 2.93. The van der Waals surface area contributed by atoms with Gasteiger partial charge in [0.15, 0.2) is 0 Å². The third-order valence-electron chi connectivity index (χ3n) is 7.66. The van der Waals surface area contributed by atoms with Gasteiger partial charge in [-0.2, -0.15) is 0 Å². The van der Waals surface area contributed by atoms with E-state index in [0.29, 0.717) is 17.2 Å². The highest BCUT2D eigenvalue weighted by molar-refractivity contribution is 6.25. The van der Waals surface area contributed by atoms with E-state index >= 15 is 0 Å². The van der Waals surface area contributed by atoms with Crippen LogP contribution in [0.4, 0.5) is 22.7 Å². The lowest BCUT2D eigenvalue weighted by atomic mass is 9.88. The molecule has 0 spiro atoms. The molecule has 3 amide bonds. The summed E-state index contributed by atoms with van der Waals surface area (Å²) in [6.45, 7) is 0. The van der Waals surface area contributed by atoms with E-state index in [-0.39, 0.29) is 11.4 Å². The number of nitrogens with one attached hydrogen (secondary N) is 1. The smallest absolute Gasteiger partial charge is 0.269 e. The van der Waals surface area contributed by atoms with Crippen LogP contribution in [0.5, 0.6) is 11.5 Å². The van der Waals surface area contributed by atoms with Gasteiger partial charge < -0.3 is 19.7 Å². The van der Waals surface area contributed by atoms with Crippen molar-refractivity contribution in [3.8, 4) is 11.5 Å². The highest BCUT2D eigenvalue weighted by atomic mass is 16.6. The summed E-state index contributed by atoms with van der Waals surface area (Å²) >= 11 is 0. The number of fused-ring (bicyclic) bond motifs is 5. The maximum absolute atomic E-state index is 14.1. The number of benzene rings is 3. The molecular weight excluding hydrogens is 516 g/mol. The van der Waals surface area contributed by atoms with Crippen LogP contribution in [0.1, 0.15) is 5.56 Å². The Hall–Kier alpha value is -5.19. The first-order valence-electron chi connectivity index (χ1n) is 12.5. The van der Waals surface area contributed by atoms with Crippen molar-refractivity contribution >= 4 is 46.5 Å². The molecule has 3 aromatic rings. The monoisotopic (exact) mass is 540 g/mol. The summed E-state index contributed by atoms with van der Waals surface area (Å²) in [6.07, 6.45) is 3.76. The van der Waals surface area contributed by atoms with Crippen LogP contribution < -0.4 is 24.6 Å². The number of anilines is 3. The van der Waals surface area contributed by atoms with E-state index in [9.17, 15) is 24.5 Å². The zero-order valence-electron chi connectivity index (χ0n) is 21.5. The fourth-order valence-corrected chi connectivity index (χ4v) is 5.91. The van der Waals surface area contributed by atoms with Gasteiger partial charge in [-0.1, -0.05) is 30.4 Å². The van der Waals surface area contributed by atoms with Gasteiger partial charge in [-0.15, -0.1) is 0 Å². The van der Waals surface area contributed by atoms with Gasteiger partial charge in [-0.3, -0.25) is 24.5 Å². The lowest BCUT2D eigenvalue weighted by molar-refractivity contribution is -0.384. The van der Waals surface area contributed by atoms with Crippen molar-refractivity contribution in [2.24, 2.45) is 11.8 Å². The summed E-state index contributed by atoms with van der Waals surface area (Å²) < 4.78 is 10.8. The lowest BCUT2D eigenvalue weighted by Gasteiger charge is -2.36. The Kier molecular flexibility index (Phi) is 5.98. The first kappa shape index (κ1) is 25.1. The quantitative estimate of drug-likeness (QED) is 0.285. The predicted molar refractivity (Wildman–Crippen MR) is 146 cm³/mol. The molecule has 0 bridgehead atoms. The first-order valence-corrected chi connectivity index (χ1v) is 12.5. The van der Waals surface area contributed by atoms with Crippen molar-refractivity contribution in [3.05, 3.63) is 88.5 Å². The fourth-order valence-electron chi connectivity index (χ4n) is 5.91. The van der Waals surface area contributed by atoms with Crippen LogP contribution >= 0.6 is 0 Å². The van der Waals surface area contributed by atoms with Crippen LogP contribution in [-0.2, 0) is 14.4 Å². The SMILES string of the molecule is COc1ccc(OC)c(N2C(=O)[C@@H]3[C@H](C2=O)[C@@H](C(=O)Nc2ccc([N+](=O)[O-])cc2)N2c4ccccc4C=C[C@@H]32)c1. The summed E-state index contributed by atoms with van der Waals surface area (Å²) in [6, 6.07) is 16.2. The zero-order valence-corrected chi connectivity index (χ0v) is 21.5. The number of para-hydroxylation sites is 1. The number of nitro benzene ring substituents is 1. The topological polar surface area (TPSA) is 131 Å². The molecule has 4 atom stereocenters. The van der Waals surface area contributed by atoms with Gasteiger partial charge in [0.2, 0.25) is 17.7 Å². The molecule has 3 aliphatic heterocycles. The summed E-state index contributed by atoms with van der Waals surface area (Å²) in [5, 5.41) is 13.9. The minimum Gasteiger partial charge on any atom is -0.497 e. The van der Waals surface area contributed by atoms with Crippen LogP contribution in [0.2, 0.25) is 0 Å². The third kappa shape index (κ3) is 3.77. The van der Waals surface area contributed by atoms with E-state index in [0.717, 1.165) is 16.2 Å². The van der Waals surface area contributed by atoms with Crippen LogP contribution in [0.15, 0.2) is 72.8 Å². The second-order valence-corrected chi connectivity index (χ2v) is 9.66. The molecule has 11 nitrogen and oxygen atoms in total. The number of methoxy groups -OCH3 is 2. The van der Waals surface area contributed by atoms with Gasteiger partial charge >= 0.3 is 0 Å². The van der Waals surface area contributed by atoms with Crippen molar-refractivity contribution < 1.29 is 28.8 Å². The number of nitro groups is 1. The molecule has 3 aliphatic rings. The normalized spacial score (nSPS) is 22.4. The van der Waals surface area contributed by atoms with E-state index in [1.54, 1.807) is 18.2 Å². The molecule has 0 aliphatic carbocycles. The number of amides is 3. The minimum atomic E-state index is -1.03. The predicted octanol–water partition coefficient (Wildman–Crippen LogP) is 3.64. The van der Waals surface area contributed by atoms with Crippen LogP contribution in [-0.4, -0.2) is 48.9 Å². The second kappa shape index (κ2) is 9.53. The largest absolute Gasteiger partial charge is 0.497 e. The molecule has 0 saturated carbocycles. The van der Waals surface area contributed by atoms with Gasteiger partial charge in [-0.05, 0) is 35.9 Å². The molecule has 2 saturated heterocycles. The fraction of sp³-hybridized carbons (Fsp3) is 0.207. The van der Waals surface area contributed by atoms with E-state index in [2.05, 4.69) is 5.32 Å². The van der Waals surface area contributed by atoms with Crippen LogP contribution in [0, 0.1) is 22.0 Å². The Balaban J connectivity index is 1.43. The van der Waals surface area contributed by atoms with Crippen molar-refractivity contribution in [3.63, 3.8) is 0 Å². The molecule has 1 N–H and O–H groups in total. The molecule has 40 heavy (non-hydrogen) atoms. The minimum absolute atomic E-state index is 0.117. The van der Waals surface area contributed by atoms with E-state index in [4.69, 9.17) is 9.47 Å². The molecule has 6 rings (SSSR count). The number of ether oxygens (including phenoxy) is 2. The Morgan fingerprint density at radius 3 is 2.35 bits per heavy atom. The van der Waals surface area contributed by atoms with Gasteiger partial charge in [0.05, 0.1) is 42.7 Å². The van der Waals surface area contributed by atoms with Gasteiger partial charge in [-0.25, -0.2) is 4.90 Å². The number of rotatable bonds is 6. The molecule has 3 aromatic carbocycles. The van der Waals surface area contributed by atoms with Crippen molar-refractivity contribution in [1.29, 1.82) is 0 Å². The van der Waals surface area contributed by atoms with Gasteiger partial charge in [0.25, 0.3) is 5.69 Å².